The Hall–Kier alpha value is -1.59. The highest BCUT2D eigenvalue weighted by molar-refractivity contribution is 8.00. The monoisotopic (exact) mass is 333 g/mol. The van der Waals surface area contributed by atoms with E-state index in [1.54, 1.807) is 18.9 Å². The van der Waals surface area contributed by atoms with E-state index in [9.17, 15) is 4.79 Å². The van der Waals surface area contributed by atoms with Crippen LogP contribution in [0.25, 0.3) is 0 Å². The Morgan fingerprint density at radius 1 is 1.14 bits per heavy atom. The summed E-state index contributed by atoms with van der Waals surface area (Å²) >= 11 is 3.15. The molecule has 1 N–H and O–H groups in total. The first-order valence-electron chi connectivity index (χ1n) is 6.88. The van der Waals surface area contributed by atoms with Crippen molar-refractivity contribution < 1.29 is 9.53 Å². The first-order valence-corrected chi connectivity index (χ1v) is 8.99. The van der Waals surface area contributed by atoms with Crippen LogP contribution in [-0.4, -0.2) is 24.5 Å². The summed E-state index contributed by atoms with van der Waals surface area (Å²) in [6, 6.07) is 15.5. The normalized spacial score (nSPS) is 11.8. The van der Waals surface area contributed by atoms with Gasteiger partial charge in [-0.15, -0.1) is 23.5 Å². The van der Waals surface area contributed by atoms with Crippen LogP contribution < -0.4 is 10.1 Å². The molecule has 0 spiro atoms. The maximum absolute atomic E-state index is 12.3. The summed E-state index contributed by atoms with van der Waals surface area (Å²) in [5.41, 5.74) is 0.863. The summed E-state index contributed by atoms with van der Waals surface area (Å²) in [5.74, 6) is 0.817. The van der Waals surface area contributed by atoms with E-state index in [0.29, 0.717) is 0 Å². The fourth-order valence-corrected chi connectivity index (χ4v) is 3.32. The molecule has 0 unspecified atom stereocenters. The molecule has 0 fully saturated rings. The van der Waals surface area contributed by atoms with Gasteiger partial charge in [0.05, 0.1) is 18.0 Å². The molecule has 1 atom stereocenters. The van der Waals surface area contributed by atoms with Gasteiger partial charge < -0.3 is 10.1 Å². The summed E-state index contributed by atoms with van der Waals surface area (Å²) in [4.78, 5) is 14.5. The second-order valence-electron chi connectivity index (χ2n) is 4.63. The molecule has 2 rings (SSSR count). The van der Waals surface area contributed by atoms with Crippen LogP contribution in [0.4, 0.5) is 5.69 Å². The van der Waals surface area contributed by atoms with Crippen LogP contribution in [0, 0.1) is 0 Å². The van der Waals surface area contributed by atoms with Gasteiger partial charge in [0.1, 0.15) is 5.75 Å². The number of thioether (sulfide) groups is 2. The number of nitrogens with one attached hydrogen (secondary N) is 1. The maximum Gasteiger partial charge on any atom is 0.237 e. The number of amides is 1. The Balaban J connectivity index is 1.99. The van der Waals surface area contributed by atoms with Gasteiger partial charge in [-0.3, -0.25) is 4.79 Å². The number of hydrogen-bond donors (Lipinski definition) is 1. The molecule has 2 aromatic carbocycles. The van der Waals surface area contributed by atoms with Gasteiger partial charge in [0.25, 0.3) is 0 Å². The first-order chi connectivity index (χ1) is 10.6. The van der Waals surface area contributed by atoms with Crippen LogP contribution in [0.5, 0.6) is 5.75 Å². The molecule has 3 nitrogen and oxygen atoms in total. The number of anilines is 1. The lowest BCUT2D eigenvalue weighted by molar-refractivity contribution is -0.115. The maximum atomic E-state index is 12.3. The molecular weight excluding hydrogens is 314 g/mol. The number of carbonyl (C=O) groups excluding carboxylic acids is 1. The minimum Gasteiger partial charge on any atom is -0.497 e. The molecule has 0 aliphatic rings. The van der Waals surface area contributed by atoms with Gasteiger partial charge >= 0.3 is 0 Å². The molecule has 5 heteroatoms. The number of benzene rings is 2. The Labute approximate surface area is 139 Å². The van der Waals surface area contributed by atoms with E-state index in [2.05, 4.69) is 5.32 Å². The number of carbonyl (C=O) groups is 1. The van der Waals surface area contributed by atoms with E-state index in [4.69, 9.17) is 4.74 Å². The quantitative estimate of drug-likeness (QED) is 0.788. The van der Waals surface area contributed by atoms with Crippen LogP contribution >= 0.6 is 23.5 Å². The molecular formula is C17H19NO2S2. The molecule has 22 heavy (non-hydrogen) atoms. The van der Waals surface area contributed by atoms with E-state index < -0.39 is 0 Å². The highest BCUT2D eigenvalue weighted by Gasteiger charge is 2.15. The highest BCUT2D eigenvalue weighted by Crippen LogP contribution is 2.28. The zero-order valence-electron chi connectivity index (χ0n) is 12.8. The Kier molecular flexibility index (Phi) is 6.21. The summed E-state index contributed by atoms with van der Waals surface area (Å²) in [7, 11) is 1.64. The minimum absolute atomic E-state index is 0.00215. The SMILES string of the molecule is COc1ccc(S[C@@H](C)C(=O)Nc2ccccc2SC)cc1. The van der Waals surface area contributed by atoms with Crippen LogP contribution in [0.15, 0.2) is 58.3 Å². The van der Waals surface area contributed by atoms with E-state index in [-0.39, 0.29) is 11.2 Å². The summed E-state index contributed by atoms with van der Waals surface area (Å²) < 4.78 is 5.14. The topological polar surface area (TPSA) is 38.3 Å². The average molecular weight is 333 g/mol. The van der Waals surface area contributed by atoms with Crippen molar-refractivity contribution in [2.24, 2.45) is 0 Å². The third kappa shape index (κ3) is 4.45. The van der Waals surface area contributed by atoms with E-state index >= 15 is 0 Å². The van der Waals surface area contributed by atoms with Gasteiger partial charge in [-0.05, 0) is 49.6 Å². The Morgan fingerprint density at radius 2 is 1.82 bits per heavy atom. The molecule has 2 aromatic rings. The van der Waals surface area contributed by atoms with E-state index in [0.717, 1.165) is 21.2 Å². The van der Waals surface area contributed by atoms with Crippen LogP contribution in [-0.2, 0) is 4.79 Å². The van der Waals surface area contributed by atoms with Gasteiger partial charge in [-0.1, -0.05) is 12.1 Å². The zero-order valence-corrected chi connectivity index (χ0v) is 14.5. The van der Waals surface area contributed by atoms with Crippen molar-refractivity contribution in [2.75, 3.05) is 18.7 Å². The van der Waals surface area contributed by atoms with Crippen molar-refractivity contribution in [1.82, 2.24) is 0 Å². The molecule has 116 valence electrons. The molecule has 1 amide bonds. The van der Waals surface area contributed by atoms with Crippen LogP contribution in [0.1, 0.15) is 6.92 Å². The van der Waals surface area contributed by atoms with E-state index in [1.165, 1.54) is 11.8 Å². The van der Waals surface area contributed by atoms with Crippen molar-refractivity contribution in [3.63, 3.8) is 0 Å². The molecule has 0 aliphatic heterocycles. The predicted octanol–water partition coefficient (Wildman–Crippen LogP) is 4.54. The van der Waals surface area contributed by atoms with Crippen LogP contribution in [0.2, 0.25) is 0 Å². The fourth-order valence-electron chi connectivity index (χ4n) is 1.89. The summed E-state index contributed by atoms with van der Waals surface area (Å²) in [5, 5.41) is 2.82. The molecule has 0 aromatic heterocycles. The minimum atomic E-state index is -0.177. The molecule has 0 aliphatic carbocycles. The molecule has 0 radical (unpaired) electrons. The van der Waals surface area contributed by atoms with Gasteiger partial charge in [0.15, 0.2) is 0 Å². The van der Waals surface area contributed by atoms with Crippen molar-refractivity contribution in [1.29, 1.82) is 0 Å². The lowest BCUT2D eigenvalue weighted by Gasteiger charge is -2.14. The standard InChI is InChI=1S/C17H19NO2S2/c1-12(22-14-10-8-13(20-2)9-11-14)17(19)18-15-6-4-5-7-16(15)21-3/h4-12H,1-3H3,(H,18,19)/t12-/m0/s1. The fraction of sp³-hybridized carbons (Fsp3) is 0.235. The molecule has 0 heterocycles. The second kappa shape index (κ2) is 8.15. The summed E-state index contributed by atoms with van der Waals surface area (Å²) in [6.45, 7) is 1.91. The lowest BCUT2D eigenvalue weighted by atomic mass is 10.3. The lowest BCUT2D eigenvalue weighted by Crippen LogP contribution is -2.22. The van der Waals surface area contributed by atoms with Crippen molar-refractivity contribution in [3.05, 3.63) is 48.5 Å². The van der Waals surface area contributed by atoms with Gasteiger partial charge in [-0.2, -0.15) is 0 Å². The Morgan fingerprint density at radius 3 is 2.45 bits per heavy atom. The largest absolute Gasteiger partial charge is 0.497 e. The molecule has 0 bridgehead atoms. The average Bonchev–Trinajstić information content (AvgIpc) is 2.56. The van der Waals surface area contributed by atoms with E-state index in [1.807, 2.05) is 61.7 Å². The van der Waals surface area contributed by atoms with Crippen molar-refractivity contribution >= 4 is 35.1 Å². The number of ether oxygens (including phenoxy) is 1. The number of hydrogen-bond acceptors (Lipinski definition) is 4. The van der Waals surface area contributed by atoms with Gasteiger partial charge in [0.2, 0.25) is 5.91 Å². The highest BCUT2D eigenvalue weighted by atomic mass is 32.2. The number of para-hydroxylation sites is 1. The molecule has 0 saturated carbocycles. The number of rotatable bonds is 6. The third-order valence-electron chi connectivity index (χ3n) is 3.11. The first kappa shape index (κ1) is 16.8. The molecule has 0 saturated heterocycles. The van der Waals surface area contributed by atoms with Crippen molar-refractivity contribution in [2.45, 2.75) is 22.0 Å². The predicted molar refractivity (Wildman–Crippen MR) is 95.2 cm³/mol. The summed E-state index contributed by atoms with van der Waals surface area (Å²) in [6.07, 6.45) is 2.00. The number of methoxy groups -OCH3 is 1. The van der Waals surface area contributed by atoms with Crippen LogP contribution in [0.3, 0.4) is 0 Å². The second-order valence-corrected chi connectivity index (χ2v) is 6.89. The van der Waals surface area contributed by atoms with Gasteiger partial charge in [0, 0.05) is 9.79 Å². The van der Waals surface area contributed by atoms with Crippen molar-refractivity contribution in [3.8, 4) is 5.75 Å². The van der Waals surface area contributed by atoms with Gasteiger partial charge in [-0.25, -0.2) is 0 Å². The zero-order chi connectivity index (χ0) is 15.9. The smallest absolute Gasteiger partial charge is 0.237 e. The third-order valence-corrected chi connectivity index (χ3v) is 5.01. The Bertz CT molecular complexity index is 629.